The Bertz CT molecular complexity index is 134. The van der Waals surface area contributed by atoms with Gasteiger partial charge in [0.25, 0.3) is 0 Å². The van der Waals surface area contributed by atoms with Crippen molar-refractivity contribution in [2.75, 3.05) is 11.9 Å². The standard InChI is InChI=1S/C8H14BrNO/c9-5-3-8(11)10-6-4-7-1-2-7/h7H,1-6H2,(H,10,11). The molecular formula is C8H14BrNO. The van der Waals surface area contributed by atoms with Gasteiger partial charge in [-0.1, -0.05) is 28.8 Å². The van der Waals surface area contributed by atoms with Crippen LogP contribution in [0.15, 0.2) is 0 Å². The largest absolute Gasteiger partial charge is 0.356 e. The van der Waals surface area contributed by atoms with E-state index in [0.29, 0.717) is 6.42 Å². The average molecular weight is 220 g/mol. The third-order valence-corrected chi connectivity index (χ3v) is 2.29. The van der Waals surface area contributed by atoms with Crippen molar-refractivity contribution >= 4 is 21.8 Å². The second kappa shape index (κ2) is 4.75. The molecule has 2 nitrogen and oxygen atoms in total. The first-order chi connectivity index (χ1) is 5.33. The molecule has 64 valence electrons. The molecule has 0 aromatic heterocycles. The minimum absolute atomic E-state index is 0.169. The van der Waals surface area contributed by atoms with E-state index in [0.717, 1.165) is 17.8 Å². The van der Waals surface area contributed by atoms with Gasteiger partial charge in [0, 0.05) is 18.3 Å². The summed E-state index contributed by atoms with van der Waals surface area (Å²) in [7, 11) is 0. The van der Waals surface area contributed by atoms with Gasteiger partial charge in [-0.05, 0) is 12.3 Å². The van der Waals surface area contributed by atoms with E-state index >= 15 is 0 Å². The van der Waals surface area contributed by atoms with E-state index in [1.54, 1.807) is 0 Å². The molecule has 1 N–H and O–H groups in total. The lowest BCUT2D eigenvalue weighted by Crippen LogP contribution is -2.24. The molecule has 1 aliphatic carbocycles. The van der Waals surface area contributed by atoms with Crippen LogP contribution in [-0.4, -0.2) is 17.8 Å². The first-order valence-electron chi connectivity index (χ1n) is 4.15. The van der Waals surface area contributed by atoms with Gasteiger partial charge in [-0.2, -0.15) is 0 Å². The maximum atomic E-state index is 10.9. The summed E-state index contributed by atoms with van der Waals surface area (Å²) in [5.41, 5.74) is 0. The first-order valence-corrected chi connectivity index (χ1v) is 5.27. The highest BCUT2D eigenvalue weighted by molar-refractivity contribution is 9.09. The Morgan fingerprint density at radius 2 is 2.27 bits per heavy atom. The number of alkyl halides is 1. The minimum atomic E-state index is 0.169. The zero-order valence-corrected chi connectivity index (χ0v) is 8.19. The summed E-state index contributed by atoms with van der Waals surface area (Å²) in [5, 5.41) is 3.65. The summed E-state index contributed by atoms with van der Waals surface area (Å²) >= 11 is 3.22. The topological polar surface area (TPSA) is 29.1 Å². The molecule has 0 saturated heterocycles. The zero-order chi connectivity index (χ0) is 8.10. The van der Waals surface area contributed by atoms with Crippen LogP contribution in [0.2, 0.25) is 0 Å². The van der Waals surface area contributed by atoms with Crippen molar-refractivity contribution < 1.29 is 4.79 Å². The third kappa shape index (κ3) is 4.40. The predicted molar refractivity (Wildman–Crippen MR) is 48.8 cm³/mol. The van der Waals surface area contributed by atoms with Crippen molar-refractivity contribution in [3.05, 3.63) is 0 Å². The zero-order valence-electron chi connectivity index (χ0n) is 6.61. The van der Waals surface area contributed by atoms with Gasteiger partial charge in [0.15, 0.2) is 0 Å². The lowest BCUT2D eigenvalue weighted by molar-refractivity contribution is -0.120. The predicted octanol–water partition coefficient (Wildman–Crippen LogP) is 1.69. The number of carbonyl (C=O) groups excluding carboxylic acids is 1. The van der Waals surface area contributed by atoms with Crippen molar-refractivity contribution in [2.45, 2.75) is 25.7 Å². The number of nitrogens with one attached hydrogen (secondary N) is 1. The number of carbonyl (C=O) groups is 1. The monoisotopic (exact) mass is 219 g/mol. The Morgan fingerprint density at radius 3 is 2.82 bits per heavy atom. The Morgan fingerprint density at radius 1 is 1.55 bits per heavy atom. The summed E-state index contributed by atoms with van der Waals surface area (Å²) in [6, 6.07) is 0. The van der Waals surface area contributed by atoms with Crippen LogP contribution in [0.25, 0.3) is 0 Å². The molecule has 11 heavy (non-hydrogen) atoms. The van der Waals surface area contributed by atoms with E-state index in [9.17, 15) is 4.79 Å². The van der Waals surface area contributed by atoms with Crippen LogP contribution in [0.3, 0.4) is 0 Å². The van der Waals surface area contributed by atoms with Gasteiger partial charge in [-0.25, -0.2) is 0 Å². The van der Waals surface area contributed by atoms with Crippen molar-refractivity contribution in [2.24, 2.45) is 5.92 Å². The van der Waals surface area contributed by atoms with Crippen LogP contribution in [0.4, 0.5) is 0 Å². The molecule has 1 saturated carbocycles. The third-order valence-electron chi connectivity index (χ3n) is 1.89. The normalized spacial score (nSPS) is 16.5. The minimum Gasteiger partial charge on any atom is -0.356 e. The van der Waals surface area contributed by atoms with Gasteiger partial charge in [0.1, 0.15) is 0 Å². The van der Waals surface area contributed by atoms with Gasteiger partial charge in [0.2, 0.25) is 5.91 Å². The molecular weight excluding hydrogens is 206 g/mol. The van der Waals surface area contributed by atoms with Gasteiger partial charge in [-0.15, -0.1) is 0 Å². The molecule has 0 unspecified atom stereocenters. The number of amides is 1. The van der Waals surface area contributed by atoms with Crippen molar-refractivity contribution in [1.29, 1.82) is 0 Å². The van der Waals surface area contributed by atoms with E-state index in [1.807, 2.05) is 0 Å². The van der Waals surface area contributed by atoms with Crippen LogP contribution in [0.1, 0.15) is 25.7 Å². The lowest BCUT2D eigenvalue weighted by Gasteiger charge is -2.01. The Kier molecular flexibility index (Phi) is 3.91. The number of hydrogen-bond donors (Lipinski definition) is 1. The fourth-order valence-corrected chi connectivity index (χ4v) is 1.36. The summed E-state index contributed by atoms with van der Waals surface area (Å²) in [6.45, 7) is 0.872. The highest BCUT2D eigenvalue weighted by Gasteiger charge is 2.20. The molecule has 0 radical (unpaired) electrons. The second-order valence-corrected chi connectivity index (χ2v) is 3.81. The van der Waals surface area contributed by atoms with Crippen LogP contribution in [-0.2, 0) is 4.79 Å². The molecule has 3 heteroatoms. The van der Waals surface area contributed by atoms with E-state index in [4.69, 9.17) is 0 Å². The van der Waals surface area contributed by atoms with Gasteiger partial charge in [-0.3, -0.25) is 4.79 Å². The molecule has 1 amide bonds. The first kappa shape index (κ1) is 9.04. The van der Waals surface area contributed by atoms with E-state index in [-0.39, 0.29) is 5.91 Å². The molecule has 1 rings (SSSR count). The van der Waals surface area contributed by atoms with Crippen molar-refractivity contribution in [3.63, 3.8) is 0 Å². The number of rotatable bonds is 5. The van der Waals surface area contributed by atoms with E-state index in [1.165, 1.54) is 19.3 Å². The molecule has 0 aromatic carbocycles. The van der Waals surface area contributed by atoms with Crippen LogP contribution in [0, 0.1) is 5.92 Å². The molecule has 1 fully saturated rings. The van der Waals surface area contributed by atoms with Crippen LogP contribution < -0.4 is 5.32 Å². The van der Waals surface area contributed by atoms with Gasteiger partial charge >= 0.3 is 0 Å². The Hall–Kier alpha value is -0.0500. The smallest absolute Gasteiger partial charge is 0.220 e. The fraction of sp³-hybridized carbons (Fsp3) is 0.875. The summed E-state index contributed by atoms with van der Waals surface area (Å²) in [5.74, 6) is 1.08. The highest BCUT2D eigenvalue weighted by atomic mass is 79.9. The lowest BCUT2D eigenvalue weighted by atomic mass is 10.3. The SMILES string of the molecule is O=C(CCBr)NCCC1CC1. The molecule has 0 aliphatic heterocycles. The molecule has 0 bridgehead atoms. The Labute approximate surface area is 75.9 Å². The molecule has 0 atom stereocenters. The quantitative estimate of drug-likeness (QED) is 0.702. The molecule has 0 heterocycles. The molecule has 0 aromatic rings. The second-order valence-electron chi connectivity index (χ2n) is 3.02. The van der Waals surface area contributed by atoms with Gasteiger partial charge in [0.05, 0.1) is 0 Å². The Balaban J connectivity index is 1.88. The maximum Gasteiger partial charge on any atom is 0.220 e. The summed E-state index contributed by atoms with van der Waals surface area (Å²) < 4.78 is 0. The number of halogens is 1. The van der Waals surface area contributed by atoms with E-state index < -0.39 is 0 Å². The average Bonchev–Trinajstić information content (AvgIpc) is 2.72. The van der Waals surface area contributed by atoms with Crippen molar-refractivity contribution in [3.8, 4) is 0 Å². The molecule has 1 aliphatic rings. The van der Waals surface area contributed by atoms with Crippen molar-refractivity contribution in [1.82, 2.24) is 5.32 Å². The summed E-state index contributed by atoms with van der Waals surface area (Å²) in [4.78, 5) is 10.9. The van der Waals surface area contributed by atoms with Crippen LogP contribution in [0.5, 0.6) is 0 Å². The maximum absolute atomic E-state index is 10.9. The van der Waals surface area contributed by atoms with Gasteiger partial charge < -0.3 is 5.32 Å². The number of hydrogen-bond acceptors (Lipinski definition) is 1. The highest BCUT2D eigenvalue weighted by Crippen LogP contribution is 2.31. The van der Waals surface area contributed by atoms with E-state index in [2.05, 4.69) is 21.2 Å². The van der Waals surface area contributed by atoms with Crippen LogP contribution >= 0.6 is 15.9 Å². The molecule has 0 spiro atoms. The fourth-order valence-electron chi connectivity index (χ4n) is 0.996. The summed E-state index contributed by atoms with van der Waals surface area (Å²) in [6.07, 6.45) is 4.52.